The van der Waals surface area contributed by atoms with Gasteiger partial charge in [0.2, 0.25) is 5.78 Å². The van der Waals surface area contributed by atoms with Gasteiger partial charge in [-0.05, 0) is 0 Å². The van der Waals surface area contributed by atoms with Crippen LogP contribution in [0.2, 0.25) is 0 Å². The highest BCUT2D eigenvalue weighted by Crippen LogP contribution is 2.23. The van der Waals surface area contributed by atoms with Crippen LogP contribution in [0.25, 0.3) is 0 Å². The molecule has 1 aromatic rings. The number of methoxy groups -OCH3 is 1. The van der Waals surface area contributed by atoms with E-state index in [9.17, 15) is 22.4 Å². The summed E-state index contributed by atoms with van der Waals surface area (Å²) in [5.41, 5.74) is 0.0165. The maximum absolute atomic E-state index is 12.5. The number of ether oxygens (including phenoxy) is 2. The molecule has 1 rings (SSSR count). The molecule has 0 N–H and O–H groups in total. The van der Waals surface area contributed by atoms with Gasteiger partial charge < -0.3 is 9.47 Å². The molecule has 0 amide bonds. The second kappa shape index (κ2) is 6.00. The number of aromatic nitrogens is 2. The van der Waals surface area contributed by atoms with Crippen LogP contribution in [0.3, 0.4) is 0 Å². The predicted molar refractivity (Wildman–Crippen MR) is 55.9 cm³/mol. The molecule has 1 heterocycles. The number of hydrogen-bond acceptors (Lipinski definition) is 4. The number of carbonyl (C=O) groups is 1. The molecule has 0 saturated heterocycles. The van der Waals surface area contributed by atoms with Gasteiger partial charge in [-0.2, -0.15) is 13.9 Å². The van der Waals surface area contributed by atoms with Crippen molar-refractivity contribution in [1.82, 2.24) is 9.78 Å². The molecule has 0 spiro atoms. The third-order valence-electron chi connectivity index (χ3n) is 2.24. The van der Waals surface area contributed by atoms with Crippen LogP contribution in [0, 0.1) is 0 Å². The van der Waals surface area contributed by atoms with Crippen molar-refractivity contribution in [2.24, 2.45) is 7.05 Å². The Morgan fingerprint density at radius 3 is 2.68 bits per heavy atom. The summed E-state index contributed by atoms with van der Waals surface area (Å²) < 4.78 is 59.1. The van der Waals surface area contributed by atoms with Crippen LogP contribution in [0.1, 0.15) is 10.5 Å². The minimum atomic E-state index is -4.28. The topological polar surface area (TPSA) is 53.4 Å². The fourth-order valence-electron chi connectivity index (χ4n) is 1.30. The quantitative estimate of drug-likeness (QED) is 0.563. The maximum Gasteiger partial charge on any atom is 0.330 e. The molecule has 0 saturated carbocycles. The van der Waals surface area contributed by atoms with E-state index in [0.29, 0.717) is 0 Å². The van der Waals surface area contributed by atoms with Crippen molar-refractivity contribution in [2.45, 2.75) is 12.3 Å². The van der Waals surface area contributed by atoms with E-state index in [-0.39, 0.29) is 11.4 Å². The summed E-state index contributed by atoms with van der Waals surface area (Å²) in [6.07, 6.45) is -2.57. The molecule has 5 nitrogen and oxygen atoms in total. The van der Waals surface area contributed by atoms with Gasteiger partial charge in [0.25, 0.3) is 0 Å². The summed E-state index contributed by atoms with van der Waals surface area (Å²) in [6.45, 7) is -2.30. The van der Waals surface area contributed by atoms with E-state index >= 15 is 0 Å². The van der Waals surface area contributed by atoms with Gasteiger partial charge >= 0.3 is 12.3 Å². The fourth-order valence-corrected chi connectivity index (χ4v) is 1.30. The number of alkyl halides is 4. The van der Waals surface area contributed by atoms with E-state index in [1.54, 1.807) is 0 Å². The number of nitrogens with zero attached hydrogens (tertiary/aromatic N) is 2. The lowest BCUT2D eigenvalue weighted by molar-refractivity contribution is -0.163. The van der Waals surface area contributed by atoms with Crippen LogP contribution in [0.15, 0.2) is 6.20 Å². The van der Waals surface area contributed by atoms with E-state index in [1.807, 2.05) is 0 Å². The lowest BCUT2D eigenvalue weighted by Gasteiger charge is -2.14. The minimum absolute atomic E-state index is 0.0165. The molecule has 1 aromatic heterocycles. The maximum atomic E-state index is 12.5. The van der Waals surface area contributed by atoms with Crippen molar-refractivity contribution in [1.29, 1.82) is 0 Å². The molecular weight excluding hydrogens is 272 g/mol. The average molecular weight is 284 g/mol. The molecular formula is C10H12F4N2O3. The van der Waals surface area contributed by atoms with E-state index in [4.69, 9.17) is 4.74 Å². The highest BCUT2D eigenvalue weighted by Gasteiger charge is 2.41. The Bertz CT molecular complexity index is 448. The molecule has 0 aromatic carbocycles. The largest absolute Gasteiger partial charge is 0.493 e. The van der Waals surface area contributed by atoms with Crippen molar-refractivity contribution in [3.8, 4) is 5.75 Å². The number of ketones is 1. The minimum Gasteiger partial charge on any atom is -0.493 e. The van der Waals surface area contributed by atoms with Crippen molar-refractivity contribution in [3.63, 3.8) is 0 Å². The van der Waals surface area contributed by atoms with Gasteiger partial charge in [-0.1, -0.05) is 0 Å². The molecule has 9 heteroatoms. The number of rotatable bonds is 7. The van der Waals surface area contributed by atoms with E-state index < -0.39 is 31.3 Å². The normalized spacial score (nSPS) is 11.9. The molecule has 0 aliphatic rings. The first-order valence-corrected chi connectivity index (χ1v) is 5.12. The first-order chi connectivity index (χ1) is 8.79. The van der Waals surface area contributed by atoms with Crippen molar-refractivity contribution in [3.05, 3.63) is 11.9 Å². The second-order valence-electron chi connectivity index (χ2n) is 3.66. The highest BCUT2D eigenvalue weighted by molar-refractivity contribution is 5.97. The average Bonchev–Trinajstić information content (AvgIpc) is 2.69. The van der Waals surface area contributed by atoms with Gasteiger partial charge in [0.05, 0.1) is 13.3 Å². The zero-order valence-corrected chi connectivity index (χ0v) is 10.2. The summed E-state index contributed by atoms with van der Waals surface area (Å²) in [5.74, 6) is -4.82. The predicted octanol–water partition coefficient (Wildman–Crippen LogP) is 1.53. The summed E-state index contributed by atoms with van der Waals surface area (Å²) >= 11 is 0. The Labute approximate surface area is 106 Å². The van der Waals surface area contributed by atoms with Crippen LogP contribution in [0.4, 0.5) is 17.6 Å². The lowest BCUT2D eigenvalue weighted by atomic mass is 10.3. The number of Topliss-reactive ketones (excluding diaryl/α,β-unsaturated/α-hetero) is 1. The van der Waals surface area contributed by atoms with Crippen LogP contribution in [-0.4, -0.2) is 48.2 Å². The van der Waals surface area contributed by atoms with E-state index in [1.165, 1.54) is 25.0 Å². The Balaban J connectivity index is 2.59. The lowest BCUT2D eigenvalue weighted by Crippen LogP contribution is -2.33. The van der Waals surface area contributed by atoms with Crippen molar-refractivity contribution < 1.29 is 31.8 Å². The third-order valence-corrected chi connectivity index (χ3v) is 2.24. The standard InChI is InChI=1S/C10H12F4N2O3/c1-16-8(7(18-2)3-15-16)6(17)4-19-5-10(13,14)9(11)12/h3,9H,4-5H2,1-2H3. The summed E-state index contributed by atoms with van der Waals surface area (Å²) in [6, 6.07) is 0. The van der Waals surface area contributed by atoms with Crippen LogP contribution >= 0.6 is 0 Å². The molecule has 0 radical (unpaired) electrons. The molecule has 0 unspecified atom stereocenters. The number of hydrogen-bond donors (Lipinski definition) is 0. The Hall–Kier alpha value is -1.64. The number of carbonyl (C=O) groups excluding carboxylic acids is 1. The summed E-state index contributed by atoms with van der Waals surface area (Å²) in [4.78, 5) is 11.7. The zero-order chi connectivity index (χ0) is 14.6. The highest BCUT2D eigenvalue weighted by atomic mass is 19.3. The molecule has 108 valence electrons. The van der Waals surface area contributed by atoms with Gasteiger partial charge in [0, 0.05) is 7.05 Å². The molecule has 0 aliphatic heterocycles. The Morgan fingerprint density at radius 1 is 1.53 bits per heavy atom. The first-order valence-electron chi connectivity index (χ1n) is 5.12. The monoisotopic (exact) mass is 284 g/mol. The van der Waals surface area contributed by atoms with Gasteiger partial charge in [-0.25, -0.2) is 8.78 Å². The van der Waals surface area contributed by atoms with E-state index in [0.717, 1.165) is 0 Å². The van der Waals surface area contributed by atoms with Crippen LogP contribution < -0.4 is 4.74 Å². The number of halogens is 4. The third kappa shape index (κ3) is 3.66. The molecule has 0 bridgehead atoms. The van der Waals surface area contributed by atoms with Gasteiger partial charge in [0.15, 0.2) is 5.75 Å². The van der Waals surface area contributed by atoms with Gasteiger partial charge in [-0.3, -0.25) is 9.48 Å². The van der Waals surface area contributed by atoms with E-state index in [2.05, 4.69) is 9.84 Å². The fraction of sp³-hybridized carbons (Fsp3) is 0.600. The molecule has 19 heavy (non-hydrogen) atoms. The summed E-state index contributed by atoms with van der Waals surface area (Å²) in [7, 11) is 2.75. The van der Waals surface area contributed by atoms with Crippen molar-refractivity contribution in [2.75, 3.05) is 20.3 Å². The Morgan fingerprint density at radius 2 is 2.16 bits per heavy atom. The van der Waals surface area contributed by atoms with Crippen LogP contribution in [0.5, 0.6) is 5.75 Å². The van der Waals surface area contributed by atoms with Gasteiger partial charge in [-0.15, -0.1) is 0 Å². The first kappa shape index (κ1) is 15.4. The molecule has 0 fully saturated rings. The van der Waals surface area contributed by atoms with Crippen molar-refractivity contribution >= 4 is 5.78 Å². The Kier molecular flexibility index (Phi) is 4.87. The molecule has 0 atom stereocenters. The SMILES string of the molecule is COc1cnn(C)c1C(=O)COCC(F)(F)C(F)F. The number of aryl methyl sites for hydroxylation is 1. The zero-order valence-electron chi connectivity index (χ0n) is 10.2. The smallest absolute Gasteiger partial charge is 0.330 e. The second-order valence-corrected chi connectivity index (χ2v) is 3.66. The van der Waals surface area contributed by atoms with Gasteiger partial charge in [0.1, 0.15) is 18.9 Å². The molecule has 0 aliphatic carbocycles. The van der Waals surface area contributed by atoms with Crippen LogP contribution in [-0.2, 0) is 11.8 Å². The summed E-state index contributed by atoms with van der Waals surface area (Å²) in [5, 5.41) is 3.74.